The lowest BCUT2D eigenvalue weighted by Gasteiger charge is -2.40. The summed E-state index contributed by atoms with van der Waals surface area (Å²) in [6.07, 6.45) is 5.17. The standard InChI is InChI=1S/C10H21N/c1-8(2)10(3)6-4-5-9(11)7-10/h8-9H,4-7,11H2,1-3H3. The quantitative estimate of drug-likeness (QED) is 0.618. The van der Waals surface area contributed by atoms with Crippen LogP contribution in [-0.2, 0) is 0 Å². The van der Waals surface area contributed by atoms with Crippen LogP contribution in [0, 0.1) is 11.3 Å². The molecule has 0 spiro atoms. The van der Waals surface area contributed by atoms with Crippen LogP contribution in [0.2, 0.25) is 0 Å². The molecule has 1 saturated carbocycles. The molecule has 1 fully saturated rings. The lowest BCUT2D eigenvalue weighted by molar-refractivity contribution is 0.129. The molecule has 1 nitrogen and oxygen atoms in total. The minimum absolute atomic E-state index is 0.469. The molecule has 1 heteroatoms. The Kier molecular flexibility index (Phi) is 2.58. The van der Waals surface area contributed by atoms with Crippen molar-refractivity contribution in [1.29, 1.82) is 0 Å². The first kappa shape index (κ1) is 9.05. The van der Waals surface area contributed by atoms with Gasteiger partial charge in [-0.25, -0.2) is 0 Å². The molecular formula is C10H21N. The van der Waals surface area contributed by atoms with Crippen molar-refractivity contribution in [3.63, 3.8) is 0 Å². The van der Waals surface area contributed by atoms with E-state index in [2.05, 4.69) is 20.8 Å². The summed E-state index contributed by atoms with van der Waals surface area (Å²) in [7, 11) is 0. The molecule has 2 atom stereocenters. The summed E-state index contributed by atoms with van der Waals surface area (Å²) < 4.78 is 0. The lowest BCUT2D eigenvalue weighted by Crippen LogP contribution is -2.37. The van der Waals surface area contributed by atoms with Crippen molar-refractivity contribution >= 4 is 0 Å². The Balaban J connectivity index is 2.55. The van der Waals surface area contributed by atoms with Crippen LogP contribution in [0.3, 0.4) is 0 Å². The van der Waals surface area contributed by atoms with Gasteiger partial charge in [-0.3, -0.25) is 0 Å². The molecule has 0 radical (unpaired) electrons. The second-order valence-electron chi connectivity index (χ2n) is 4.67. The Morgan fingerprint density at radius 1 is 1.45 bits per heavy atom. The number of nitrogens with two attached hydrogens (primary N) is 1. The van der Waals surface area contributed by atoms with Crippen LogP contribution in [0.4, 0.5) is 0 Å². The highest BCUT2D eigenvalue weighted by Crippen LogP contribution is 2.41. The zero-order valence-corrected chi connectivity index (χ0v) is 8.06. The van der Waals surface area contributed by atoms with Crippen molar-refractivity contribution < 1.29 is 0 Å². The second kappa shape index (κ2) is 3.14. The summed E-state index contributed by atoms with van der Waals surface area (Å²) in [5.74, 6) is 0.786. The van der Waals surface area contributed by atoms with E-state index in [1.165, 1.54) is 25.7 Å². The number of hydrogen-bond acceptors (Lipinski definition) is 1. The molecule has 11 heavy (non-hydrogen) atoms. The van der Waals surface area contributed by atoms with Crippen LogP contribution in [0.15, 0.2) is 0 Å². The molecule has 1 aliphatic rings. The Morgan fingerprint density at radius 2 is 2.09 bits per heavy atom. The molecule has 2 unspecified atom stereocenters. The Hall–Kier alpha value is -0.0400. The molecule has 1 rings (SSSR count). The van der Waals surface area contributed by atoms with Crippen molar-refractivity contribution in [2.24, 2.45) is 17.1 Å². The predicted molar refractivity (Wildman–Crippen MR) is 49.4 cm³/mol. The monoisotopic (exact) mass is 155 g/mol. The number of rotatable bonds is 1. The molecule has 0 aromatic carbocycles. The summed E-state index contributed by atoms with van der Waals surface area (Å²) in [6, 6.07) is 0.469. The molecule has 0 aliphatic heterocycles. The van der Waals surface area contributed by atoms with Gasteiger partial charge in [-0.2, -0.15) is 0 Å². The average Bonchev–Trinajstić information content (AvgIpc) is 1.86. The van der Waals surface area contributed by atoms with Gasteiger partial charge < -0.3 is 5.73 Å². The summed E-state index contributed by atoms with van der Waals surface area (Å²) in [6.45, 7) is 7.02. The van der Waals surface area contributed by atoms with Gasteiger partial charge in [0.15, 0.2) is 0 Å². The van der Waals surface area contributed by atoms with Gasteiger partial charge in [-0.1, -0.05) is 27.2 Å². The first-order valence-electron chi connectivity index (χ1n) is 4.80. The summed E-state index contributed by atoms with van der Waals surface area (Å²) >= 11 is 0. The lowest BCUT2D eigenvalue weighted by atomic mass is 9.67. The smallest absolute Gasteiger partial charge is 0.00441 e. The van der Waals surface area contributed by atoms with E-state index < -0.39 is 0 Å². The summed E-state index contributed by atoms with van der Waals surface area (Å²) in [5, 5.41) is 0. The van der Waals surface area contributed by atoms with Crippen LogP contribution in [-0.4, -0.2) is 6.04 Å². The maximum Gasteiger partial charge on any atom is 0.00441 e. The fourth-order valence-electron chi connectivity index (χ4n) is 2.10. The van der Waals surface area contributed by atoms with Gasteiger partial charge in [0.25, 0.3) is 0 Å². The van der Waals surface area contributed by atoms with Crippen molar-refractivity contribution in [3.8, 4) is 0 Å². The van der Waals surface area contributed by atoms with Gasteiger partial charge >= 0.3 is 0 Å². The van der Waals surface area contributed by atoms with Crippen LogP contribution in [0.5, 0.6) is 0 Å². The van der Waals surface area contributed by atoms with Crippen LogP contribution >= 0.6 is 0 Å². The summed E-state index contributed by atoms with van der Waals surface area (Å²) in [4.78, 5) is 0. The van der Waals surface area contributed by atoms with E-state index in [9.17, 15) is 0 Å². The van der Waals surface area contributed by atoms with Crippen LogP contribution in [0.25, 0.3) is 0 Å². The highest BCUT2D eigenvalue weighted by Gasteiger charge is 2.32. The van der Waals surface area contributed by atoms with E-state index >= 15 is 0 Å². The molecule has 0 amide bonds. The topological polar surface area (TPSA) is 26.0 Å². The highest BCUT2D eigenvalue weighted by molar-refractivity contribution is 4.86. The van der Waals surface area contributed by atoms with Crippen molar-refractivity contribution in [2.75, 3.05) is 0 Å². The van der Waals surface area contributed by atoms with E-state index in [0.29, 0.717) is 11.5 Å². The van der Waals surface area contributed by atoms with Crippen molar-refractivity contribution in [2.45, 2.75) is 52.5 Å². The Morgan fingerprint density at radius 3 is 2.45 bits per heavy atom. The van der Waals surface area contributed by atoms with E-state index in [4.69, 9.17) is 5.73 Å². The van der Waals surface area contributed by atoms with Crippen LogP contribution in [0.1, 0.15) is 46.5 Å². The van der Waals surface area contributed by atoms with E-state index in [0.717, 1.165) is 5.92 Å². The third-order valence-electron chi connectivity index (χ3n) is 3.45. The van der Waals surface area contributed by atoms with Gasteiger partial charge in [-0.15, -0.1) is 0 Å². The molecule has 0 aromatic rings. The maximum atomic E-state index is 5.95. The van der Waals surface area contributed by atoms with E-state index in [1.807, 2.05) is 0 Å². The zero-order valence-electron chi connectivity index (χ0n) is 8.06. The second-order valence-corrected chi connectivity index (χ2v) is 4.67. The fraction of sp³-hybridized carbons (Fsp3) is 1.00. The normalized spacial score (nSPS) is 39.5. The SMILES string of the molecule is CC(C)C1(C)CCCC(N)C1. The zero-order chi connectivity index (χ0) is 8.48. The Labute approximate surface area is 70.4 Å². The molecular weight excluding hydrogens is 134 g/mol. The summed E-state index contributed by atoms with van der Waals surface area (Å²) in [5.41, 5.74) is 6.47. The van der Waals surface area contributed by atoms with Crippen molar-refractivity contribution in [3.05, 3.63) is 0 Å². The molecule has 1 aliphatic carbocycles. The van der Waals surface area contributed by atoms with Gasteiger partial charge in [-0.05, 0) is 30.6 Å². The van der Waals surface area contributed by atoms with E-state index in [1.54, 1.807) is 0 Å². The van der Waals surface area contributed by atoms with Gasteiger partial charge in [0, 0.05) is 6.04 Å². The van der Waals surface area contributed by atoms with Gasteiger partial charge in [0.1, 0.15) is 0 Å². The van der Waals surface area contributed by atoms with Gasteiger partial charge in [0.05, 0.1) is 0 Å². The number of hydrogen-bond donors (Lipinski definition) is 1. The van der Waals surface area contributed by atoms with Crippen molar-refractivity contribution in [1.82, 2.24) is 0 Å². The third kappa shape index (κ3) is 1.96. The first-order valence-corrected chi connectivity index (χ1v) is 4.80. The molecule has 0 saturated heterocycles. The minimum Gasteiger partial charge on any atom is -0.328 e. The largest absolute Gasteiger partial charge is 0.328 e. The van der Waals surface area contributed by atoms with Crippen LogP contribution < -0.4 is 5.73 Å². The first-order chi connectivity index (χ1) is 5.04. The molecule has 2 N–H and O–H groups in total. The molecule has 0 heterocycles. The van der Waals surface area contributed by atoms with Gasteiger partial charge in [0.2, 0.25) is 0 Å². The molecule has 66 valence electrons. The third-order valence-corrected chi connectivity index (χ3v) is 3.45. The average molecular weight is 155 g/mol. The predicted octanol–water partition coefficient (Wildman–Crippen LogP) is 2.55. The molecule has 0 bridgehead atoms. The maximum absolute atomic E-state index is 5.95. The van der Waals surface area contributed by atoms with E-state index in [-0.39, 0.29) is 0 Å². The highest BCUT2D eigenvalue weighted by atomic mass is 14.7. The minimum atomic E-state index is 0.469. The molecule has 0 aromatic heterocycles. The Bertz CT molecular complexity index is 131. The fourth-order valence-corrected chi connectivity index (χ4v) is 2.10.